The van der Waals surface area contributed by atoms with Crippen molar-refractivity contribution in [3.05, 3.63) is 59.4 Å². The highest BCUT2D eigenvalue weighted by atomic mass is 19.4. The van der Waals surface area contributed by atoms with Crippen molar-refractivity contribution in [3.63, 3.8) is 0 Å². The SMILES string of the molecule is O=C(O)c1cccc(CNCc2ccncc2OCC(F)(F)F)c1. The number of carbonyl (C=O) groups is 1. The minimum absolute atomic E-state index is 0.0570. The van der Waals surface area contributed by atoms with Gasteiger partial charge in [0.1, 0.15) is 5.75 Å². The molecule has 1 aromatic heterocycles. The van der Waals surface area contributed by atoms with Crippen LogP contribution in [0.2, 0.25) is 0 Å². The second-order valence-electron chi connectivity index (χ2n) is 5.00. The number of benzene rings is 1. The fourth-order valence-electron chi connectivity index (χ4n) is 2.00. The molecular formula is C16H15F3N2O3. The van der Waals surface area contributed by atoms with E-state index >= 15 is 0 Å². The molecular weight excluding hydrogens is 325 g/mol. The number of pyridine rings is 1. The molecule has 0 spiro atoms. The van der Waals surface area contributed by atoms with Gasteiger partial charge in [0.25, 0.3) is 0 Å². The number of nitrogens with one attached hydrogen (secondary N) is 1. The minimum Gasteiger partial charge on any atom is -0.482 e. The molecule has 5 nitrogen and oxygen atoms in total. The zero-order valence-electron chi connectivity index (χ0n) is 12.5. The van der Waals surface area contributed by atoms with E-state index in [0.29, 0.717) is 12.1 Å². The molecule has 0 fully saturated rings. The zero-order chi connectivity index (χ0) is 17.6. The first kappa shape index (κ1) is 17.7. The van der Waals surface area contributed by atoms with Crippen molar-refractivity contribution >= 4 is 5.97 Å². The minimum atomic E-state index is -4.42. The molecule has 0 unspecified atom stereocenters. The van der Waals surface area contributed by atoms with Crippen LogP contribution in [0.3, 0.4) is 0 Å². The molecule has 8 heteroatoms. The highest BCUT2D eigenvalue weighted by Crippen LogP contribution is 2.21. The molecule has 0 amide bonds. The van der Waals surface area contributed by atoms with Crippen LogP contribution >= 0.6 is 0 Å². The molecule has 1 aromatic carbocycles. The van der Waals surface area contributed by atoms with E-state index < -0.39 is 18.8 Å². The van der Waals surface area contributed by atoms with Crippen LogP contribution in [0, 0.1) is 0 Å². The average Bonchev–Trinajstić information content (AvgIpc) is 2.53. The molecule has 0 atom stereocenters. The van der Waals surface area contributed by atoms with Gasteiger partial charge in [0.05, 0.1) is 11.8 Å². The van der Waals surface area contributed by atoms with E-state index in [1.54, 1.807) is 18.2 Å². The zero-order valence-corrected chi connectivity index (χ0v) is 12.5. The summed E-state index contributed by atoms with van der Waals surface area (Å²) < 4.78 is 41.5. The standard InChI is InChI=1S/C16H15F3N2O3/c17-16(18,19)10-24-14-9-20-5-4-13(14)8-21-7-11-2-1-3-12(6-11)15(22)23/h1-6,9,21H,7-8,10H2,(H,22,23). The van der Waals surface area contributed by atoms with Gasteiger partial charge in [-0.05, 0) is 23.8 Å². The van der Waals surface area contributed by atoms with Gasteiger partial charge in [0.2, 0.25) is 0 Å². The summed E-state index contributed by atoms with van der Waals surface area (Å²) >= 11 is 0. The normalized spacial score (nSPS) is 11.3. The second-order valence-corrected chi connectivity index (χ2v) is 5.00. The van der Waals surface area contributed by atoms with Gasteiger partial charge in [0, 0.05) is 24.8 Å². The fourth-order valence-corrected chi connectivity index (χ4v) is 2.00. The number of halogens is 3. The van der Waals surface area contributed by atoms with Gasteiger partial charge in [-0.2, -0.15) is 13.2 Å². The van der Waals surface area contributed by atoms with E-state index in [0.717, 1.165) is 5.56 Å². The Balaban J connectivity index is 1.95. The molecule has 2 aromatic rings. The summed E-state index contributed by atoms with van der Waals surface area (Å²) in [7, 11) is 0. The number of carboxylic acid groups (broad SMARTS) is 1. The Bertz CT molecular complexity index is 705. The van der Waals surface area contributed by atoms with Crippen LogP contribution in [-0.4, -0.2) is 28.8 Å². The summed E-state index contributed by atoms with van der Waals surface area (Å²) in [6, 6.07) is 7.96. The third-order valence-electron chi connectivity index (χ3n) is 3.08. The van der Waals surface area contributed by atoms with Gasteiger partial charge < -0.3 is 15.2 Å². The molecule has 1 heterocycles. The number of nitrogens with zero attached hydrogens (tertiary/aromatic N) is 1. The van der Waals surface area contributed by atoms with Crippen molar-refractivity contribution in [1.29, 1.82) is 0 Å². The van der Waals surface area contributed by atoms with Crippen molar-refractivity contribution in [1.82, 2.24) is 10.3 Å². The third-order valence-corrected chi connectivity index (χ3v) is 3.08. The Kier molecular flexibility index (Phi) is 5.75. The Labute approximate surface area is 136 Å². The molecule has 2 rings (SSSR count). The molecule has 0 bridgehead atoms. The number of ether oxygens (including phenoxy) is 1. The highest BCUT2D eigenvalue weighted by molar-refractivity contribution is 5.87. The number of carboxylic acids is 1. The Morgan fingerprint density at radius 3 is 2.75 bits per heavy atom. The smallest absolute Gasteiger partial charge is 0.422 e. The highest BCUT2D eigenvalue weighted by Gasteiger charge is 2.28. The van der Waals surface area contributed by atoms with Crippen LogP contribution in [0.5, 0.6) is 5.75 Å². The fraction of sp³-hybridized carbons (Fsp3) is 0.250. The van der Waals surface area contributed by atoms with Crippen LogP contribution in [0.25, 0.3) is 0 Å². The van der Waals surface area contributed by atoms with Gasteiger partial charge in [-0.25, -0.2) is 4.79 Å². The Hall–Kier alpha value is -2.61. The lowest BCUT2D eigenvalue weighted by Crippen LogP contribution is -2.20. The van der Waals surface area contributed by atoms with Crippen LogP contribution in [-0.2, 0) is 13.1 Å². The summed E-state index contributed by atoms with van der Waals surface area (Å²) in [5.41, 5.74) is 1.46. The van der Waals surface area contributed by atoms with Crippen molar-refractivity contribution in [2.45, 2.75) is 19.3 Å². The van der Waals surface area contributed by atoms with Crippen molar-refractivity contribution in [2.75, 3.05) is 6.61 Å². The molecule has 0 radical (unpaired) electrons. The summed E-state index contributed by atoms with van der Waals surface area (Å²) in [5, 5.41) is 12.0. The van der Waals surface area contributed by atoms with E-state index in [9.17, 15) is 18.0 Å². The lowest BCUT2D eigenvalue weighted by Gasteiger charge is -2.13. The Morgan fingerprint density at radius 1 is 1.25 bits per heavy atom. The predicted octanol–water partition coefficient (Wildman–Crippen LogP) is 3.01. The van der Waals surface area contributed by atoms with E-state index in [4.69, 9.17) is 9.84 Å². The van der Waals surface area contributed by atoms with Crippen LogP contribution < -0.4 is 10.1 Å². The lowest BCUT2D eigenvalue weighted by atomic mass is 10.1. The maximum atomic E-state index is 12.2. The maximum absolute atomic E-state index is 12.2. The molecule has 24 heavy (non-hydrogen) atoms. The first-order chi connectivity index (χ1) is 11.3. The third kappa shape index (κ3) is 5.54. The Morgan fingerprint density at radius 2 is 2.04 bits per heavy atom. The van der Waals surface area contributed by atoms with Crippen molar-refractivity contribution in [3.8, 4) is 5.75 Å². The molecule has 0 aliphatic rings. The molecule has 0 aliphatic heterocycles. The van der Waals surface area contributed by atoms with Gasteiger partial charge in [-0.1, -0.05) is 12.1 Å². The lowest BCUT2D eigenvalue weighted by molar-refractivity contribution is -0.153. The van der Waals surface area contributed by atoms with Gasteiger partial charge in [0.15, 0.2) is 6.61 Å². The first-order valence-electron chi connectivity index (χ1n) is 7.00. The summed E-state index contributed by atoms with van der Waals surface area (Å²) in [4.78, 5) is 14.7. The van der Waals surface area contributed by atoms with Crippen LogP contribution in [0.4, 0.5) is 13.2 Å². The molecule has 0 saturated heterocycles. The average molecular weight is 340 g/mol. The summed E-state index contributed by atoms with van der Waals surface area (Å²) in [5.74, 6) is -0.963. The molecule has 0 saturated carbocycles. The number of aromatic nitrogens is 1. The summed E-state index contributed by atoms with van der Waals surface area (Å²) in [6.45, 7) is -0.762. The van der Waals surface area contributed by atoms with Gasteiger partial charge in [-0.3, -0.25) is 4.98 Å². The number of aromatic carboxylic acids is 1. The van der Waals surface area contributed by atoms with Crippen LogP contribution in [0.1, 0.15) is 21.5 Å². The van der Waals surface area contributed by atoms with E-state index in [1.165, 1.54) is 24.5 Å². The monoisotopic (exact) mass is 340 g/mol. The second kappa shape index (κ2) is 7.78. The first-order valence-corrected chi connectivity index (χ1v) is 7.00. The van der Waals surface area contributed by atoms with E-state index in [2.05, 4.69) is 10.3 Å². The van der Waals surface area contributed by atoms with Gasteiger partial charge >= 0.3 is 12.1 Å². The van der Waals surface area contributed by atoms with E-state index in [1.807, 2.05) is 0 Å². The molecule has 0 aliphatic carbocycles. The molecule has 2 N–H and O–H groups in total. The van der Waals surface area contributed by atoms with Crippen molar-refractivity contribution in [2.24, 2.45) is 0 Å². The van der Waals surface area contributed by atoms with E-state index in [-0.39, 0.29) is 17.9 Å². The number of alkyl halides is 3. The van der Waals surface area contributed by atoms with Crippen molar-refractivity contribution < 1.29 is 27.8 Å². The van der Waals surface area contributed by atoms with Gasteiger partial charge in [-0.15, -0.1) is 0 Å². The predicted molar refractivity (Wildman–Crippen MR) is 79.7 cm³/mol. The number of hydrogen-bond donors (Lipinski definition) is 2. The maximum Gasteiger partial charge on any atom is 0.422 e. The largest absolute Gasteiger partial charge is 0.482 e. The number of rotatable bonds is 7. The topological polar surface area (TPSA) is 71.5 Å². The summed E-state index contributed by atoms with van der Waals surface area (Å²) in [6.07, 6.45) is -1.73. The quantitative estimate of drug-likeness (QED) is 0.811. The number of hydrogen-bond acceptors (Lipinski definition) is 4. The molecule has 128 valence electrons. The van der Waals surface area contributed by atoms with Crippen LogP contribution in [0.15, 0.2) is 42.7 Å².